The Morgan fingerprint density at radius 1 is 1.16 bits per heavy atom. The Kier molecular flexibility index (Phi) is 4.10. The van der Waals surface area contributed by atoms with E-state index in [2.05, 4.69) is 0 Å². The number of halogens is 1. The molecule has 0 amide bonds. The van der Waals surface area contributed by atoms with Crippen molar-refractivity contribution in [2.24, 2.45) is 0 Å². The molecule has 1 heterocycles. The van der Waals surface area contributed by atoms with Gasteiger partial charge in [-0.3, -0.25) is 0 Å². The van der Waals surface area contributed by atoms with E-state index in [1.807, 2.05) is 0 Å². The van der Waals surface area contributed by atoms with Crippen LogP contribution in [0.2, 0.25) is 0 Å². The molecule has 0 atom stereocenters. The molecule has 0 radical (unpaired) electrons. The van der Waals surface area contributed by atoms with E-state index in [1.165, 1.54) is 23.4 Å². The van der Waals surface area contributed by atoms with Crippen molar-refractivity contribution >= 4 is 15.7 Å². The number of benzene rings is 1. The van der Waals surface area contributed by atoms with Crippen LogP contribution < -0.4 is 5.73 Å². The van der Waals surface area contributed by atoms with Crippen LogP contribution in [0.4, 0.5) is 10.1 Å². The van der Waals surface area contributed by atoms with Crippen molar-refractivity contribution < 1.29 is 12.8 Å². The first-order valence-corrected chi connectivity index (χ1v) is 7.92. The molecule has 19 heavy (non-hydrogen) atoms. The molecule has 1 aromatic carbocycles. The zero-order chi connectivity index (χ0) is 14.0. The normalized spacial score (nSPS) is 18.2. The average Bonchev–Trinajstić information content (AvgIpc) is 2.64. The summed E-state index contributed by atoms with van der Waals surface area (Å²) >= 11 is 0. The SMILES string of the molecule is Cc1cc(S(=O)(=O)N2CCCCCC2)cc(N)c1F. The maximum absolute atomic E-state index is 13.5. The van der Waals surface area contributed by atoms with Gasteiger partial charge in [0.05, 0.1) is 10.6 Å². The van der Waals surface area contributed by atoms with Gasteiger partial charge in [0.25, 0.3) is 0 Å². The van der Waals surface area contributed by atoms with Crippen LogP contribution >= 0.6 is 0 Å². The van der Waals surface area contributed by atoms with Gasteiger partial charge in [0, 0.05) is 13.1 Å². The minimum Gasteiger partial charge on any atom is -0.396 e. The van der Waals surface area contributed by atoms with Crippen molar-refractivity contribution in [1.29, 1.82) is 0 Å². The van der Waals surface area contributed by atoms with E-state index in [9.17, 15) is 12.8 Å². The molecule has 0 saturated carbocycles. The highest BCUT2D eigenvalue weighted by atomic mass is 32.2. The lowest BCUT2D eigenvalue weighted by Gasteiger charge is -2.20. The van der Waals surface area contributed by atoms with Gasteiger partial charge in [0.2, 0.25) is 10.0 Å². The van der Waals surface area contributed by atoms with Crippen LogP contribution in [-0.4, -0.2) is 25.8 Å². The summed E-state index contributed by atoms with van der Waals surface area (Å²) in [7, 11) is -3.56. The number of hydrogen-bond acceptors (Lipinski definition) is 3. The number of nitrogens with two attached hydrogens (primary N) is 1. The second kappa shape index (κ2) is 5.46. The van der Waals surface area contributed by atoms with Gasteiger partial charge in [-0.2, -0.15) is 4.31 Å². The first kappa shape index (κ1) is 14.3. The quantitative estimate of drug-likeness (QED) is 0.848. The van der Waals surface area contributed by atoms with Gasteiger partial charge < -0.3 is 5.73 Å². The molecule has 1 aliphatic heterocycles. The maximum Gasteiger partial charge on any atom is 0.243 e. The average molecular weight is 286 g/mol. The Labute approximate surface area is 113 Å². The van der Waals surface area contributed by atoms with E-state index < -0.39 is 15.8 Å². The number of hydrogen-bond donors (Lipinski definition) is 1. The van der Waals surface area contributed by atoms with E-state index in [1.54, 1.807) is 0 Å². The summed E-state index contributed by atoms with van der Waals surface area (Å²) in [5.41, 5.74) is 5.66. The molecule has 1 saturated heterocycles. The lowest BCUT2D eigenvalue weighted by Crippen LogP contribution is -2.32. The summed E-state index contributed by atoms with van der Waals surface area (Å²) in [4.78, 5) is 0.0887. The van der Waals surface area contributed by atoms with Gasteiger partial charge in [-0.05, 0) is 37.5 Å². The molecule has 2 rings (SSSR count). The Balaban J connectivity index is 2.38. The summed E-state index contributed by atoms with van der Waals surface area (Å²) in [6, 6.07) is 2.56. The molecular weight excluding hydrogens is 267 g/mol. The Morgan fingerprint density at radius 3 is 2.26 bits per heavy atom. The topological polar surface area (TPSA) is 63.4 Å². The molecule has 2 N–H and O–H groups in total. The predicted molar refractivity (Wildman–Crippen MR) is 72.8 cm³/mol. The lowest BCUT2D eigenvalue weighted by atomic mass is 10.2. The molecule has 0 aromatic heterocycles. The largest absolute Gasteiger partial charge is 0.396 e. The summed E-state index contributed by atoms with van der Waals surface area (Å²) in [6.45, 7) is 2.57. The van der Waals surface area contributed by atoms with Gasteiger partial charge in [0.15, 0.2) is 0 Å². The molecule has 0 unspecified atom stereocenters. The van der Waals surface area contributed by atoms with Gasteiger partial charge in [0.1, 0.15) is 5.82 Å². The van der Waals surface area contributed by atoms with E-state index in [4.69, 9.17) is 5.73 Å². The monoisotopic (exact) mass is 286 g/mol. The maximum atomic E-state index is 13.5. The standard InChI is InChI=1S/C13H19FN2O2S/c1-10-8-11(9-12(15)13(10)14)19(17,18)16-6-4-2-3-5-7-16/h8-9H,2-7,15H2,1H3. The van der Waals surface area contributed by atoms with Crippen LogP contribution in [0, 0.1) is 12.7 Å². The molecule has 106 valence electrons. The number of anilines is 1. The predicted octanol–water partition coefficient (Wildman–Crippen LogP) is 2.28. The third-order valence-corrected chi connectivity index (χ3v) is 5.34. The van der Waals surface area contributed by atoms with Crippen LogP contribution in [-0.2, 0) is 10.0 Å². The van der Waals surface area contributed by atoms with Gasteiger partial charge >= 0.3 is 0 Å². The lowest BCUT2D eigenvalue weighted by molar-refractivity contribution is 0.423. The molecular formula is C13H19FN2O2S. The third kappa shape index (κ3) is 2.90. The van der Waals surface area contributed by atoms with Gasteiger partial charge in [-0.1, -0.05) is 12.8 Å². The first-order chi connectivity index (χ1) is 8.93. The number of nitrogen functional groups attached to an aromatic ring is 1. The Morgan fingerprint density at radius 2 is 1.74 bits per heavy atom. The van der Waals surface area contributed by atoms with Crippen molar-refractivity contribution in [3.63, 3.8) is 0 Å². The molecule has 1 aromatic rings. The van der Waals surface area contributed by atoms with Crippen LogP contribution in [0.15, 0.2) is 17.0 Å². The fraction of sp³-hybridized carbons (Fsp3) is 0.538. The molecule has 1 fully saturated rings. The minimum absolute atomic E-state index is 0.0887. The number of aryl methyl sites for hydroxylation is 1. The summed E-state index contributed by atoms with van der Waals surface area (Å²) in [5, 5.41) is 0. The van der Waals surface area contributed by atoms with Crippen molar-refractivity contribution in [3.05, 3.63) is 23.5 Å². The highest BCUT2D eigenvalue weighted by Gasteiger charge is 2.26. The zero-order valence-electron chi connectivity index (χ0n) is 11.0. The second-order valence-corrected chi connectivity index (χ2v) is 6.90. The fourth-order valence-electron chi connectivity index (χ4n) is 2.34. The number of nitrogens with zero attached hydrogens (tertiary/aromatic N) is 1. The fourth-order valence-corrected chi connectivity index (χ4v) is 3.98. The smallest absolute Gasteiger partial charge is 0.243 e. The molecule has 0 bridgehead atoms. The van der Waals surface area contributed by atoms with Crippen LogP contribution in [0.5, 0.6) is 0 Å². The van der Waals surface area contributed by atoms with Crippen LogP contribution in [0.25, 0.3) is 0 Å². The van der Waals surface area contributed by atoms with Crippen molar-refractivity contribution in [2.75, 3.05) is 18.8 Å². The minimum atomic E-state index is -3.56. The molecule has 4 nitrogen and oxygen atoms in total. The summed E-state index contributed by atoms with van der Waals surface area (Å²) in [6.07, 6.45) is 3.84. The zero-order valence-corrected chi connectivity index (χ0v) is 11.8. The molecule has 0 spiro atoms. The highest BCUT2D eigenvalue weighted by Crippen LogP contribution is 2.25. The molecule has 6 heteroatoms. The third-order valence-electron chi connectivity index (χ3n) is 3.46. The number of sulfonamides is 1. The van der Waals surface area contributed by atoms with E-state index in [0.717, 1.165) is 25.7 Å². The van der Waals surface area contributed by atoms with E-state index in [-0.39, 0.29) is 16.1 Å². The van der Waals surface area contributed by atoms with E-state index in [0.29, 0.717) is 13.1 Å². The first-order valence-electron chi connectivity index (χ1n) is 6.48. The Hall–Kier alpha value is -1.14. The van der Waals surface area contributed by atoms with Crippen molar-refractivity contribution in [2.45, 2.75) is 37.5 Å². The van der Waals surface area contributed by atoms with Crippen LogP contribution in [0.1, 0.15) is 31.2 Å². The van der Waals surface area contributed by atoms with Crippen LogP contribution in [0.3, 0.4) is 0 Å². The summed E-state index contributed by atoms with van der Waals surface area (Å²) < 4.78 is 40.0. The van der Waals surface area contributed by atoms with Gasteiger partial charge in [-0.25, -0.2) is 12.8 Å². The number of rotatable bonds is 2. The summed E-state index contributed by atoms with van der Waals surface area (Å²) in [5.74, 6) is -0.546. The molecule has 1 aliphatic rings. The highest BCUT2D eigenvalue weighted by molar-refractivity contribution is 7.89. The van der Waals surface area contributed by atoms with Gasteiger partial charge in [-0.15, -0.1) is 0 Å². The Bertz CT molecular complexity index is 541. The van der Waals surface area contributed by atoms with Crippen molar-refractivity contribution in [1.82, 2.24) is 4.31 Å². The second-order valence-electron chi connectivity index (χ2n) is 4.96. The van der Waals surface area contributed by atoms with Crippen molar-refractivity contribution in [3.8, 4) is 0 Å². The van der Waals surface area contributed by atoms with E-state index >= 15 is 0 Å². The molecule has 0 aliphatic carbocycles.